The zero-order valence-electron chi connectivity index (χ0n) is 6.21. The Morgan fingerprint density at radius 2 is 1.30 bits per heavy atom. The molecule has 0 spiro atoms. The molecule has 0 saturated carbocycles. The largest absolute Gasteiger partial charge is 1.00 e. The summed E-state index contributed by atoms with van der Waals surface area (Å²) < 4.78 is 0. The van der Waals surface area contributed by atoms with Crippen LogP contribution in [0.2, 0.25) is 0 Å². The fourth-order valence-electron chi connectivity index (χ4n) is 0. The van der Waals surface area contributed by atoms with Crippen LogP contribution in [0.4, 0.5) is 4.79 Å². The van der Waals surface area contributed by atoms with Gasteiger partial charge in [-0.1, -0.05) is 0 Å². The van der Waals surface area contributed by atoms with Crippen LogP contribution in [0, 0.1) is 0 Å². The third-order valence-corrected chi connectivity index (χ3v) is 0.0781. The molecule has 0 amide bonds. The topological polar surface area (TPSA) is 193 Å². The molecular formula is CH11NaO8. The first-order chi connectivity index (χ1) is 2.27. The molecule has 0 aliphatic rings. The van der Waals surface area contributed by atoms with Gasteiger partial charge in [0.25, 0.3) is 0 Å². The second-order valence-electron chi connectivity index (χ2n) is 0.357. The van der Waals surface area contributed by atoms with Crippen molar-refractivity contribution in [3.63, 3.8) is 0 Å². The van der Waals surface area contributed by atoms with E-state index in [1.54, 1.807) is 0 Å². The number of hydrogen-bond donors (Lipinski definition) is 2. The molecule has 0 aromatic heterocycles. The molecule has 0 rings (SSSR count). The van der Waals surface area contributed by atoms with E-state index in [9.17, 15) is 0 Å². The summed E-state index contributed by atoms with van der Waals surface area (Å²) in [5.74, 6) is 0. The molecule has 0 bridgehead atoms. The Balaban J connectivity index is -0.00000000533. The second-order valence-corrected chi connectivity index (χ2v) is 0.357. The van der Waals surface area contributed by atoms with Crippen molar-refractivity contribution in [2.75, 3.05) is 0 Å². The van der Waals surface area contributed by atoms with Gasteiger partial charge in [-0.25, -0.2) is 4.79 Å². The van der Waals surface area contributed by atoms with Gasteiger partial charge in [0.05, 0.1) is 0 Å². The molecule has 0 heterocycles. The first-order valence-electron chi connectivity index (χ1n) is 0.814. The number of rotatable bonds is 0. The molecule has 0 aliphatic carbocycles. The molecule has 9 heteroatoms. The SMILES string of the molecule is O.O.O.O.O=C(O)OO.[H-].[Na+]. The van der Waals surface area contributed by atoms with E-state index in [4.69, 9.17) is 15.2 Å². The Kier molecular flexibility index (Phi) is 178. The molecule has 0 radical (unpaired) electrons. The van der Waals surface area contributed by atoms with Gasteiger partial charge in [-0.2, -0.15) is 5.26 Å². The normalized spacial score (nSPS) is 3.30. The van der Waals surface area contributed by atoms with Crippen LogP contribution in [-0.2, 0) is 4.89 Å². The monoisotopic (exact) mass is 174 g/mol. The average Bonchev–Trinajstić information content (AvgIpc) is 1.38. The minimum Gasteiger partial charge on any atom is -1.00 e. The Bertz CT molecular complexity index is 49.4. The summed E-state index contributed by atoms with van der Waals surface area (Å²) in [4.78, 5) is 11.6. The minimum absolute atomic E-state index is 0. The van der Waals surface area contributed by atoms with E-state index < -0.39 is 6.16 Å². The van der Waals surface area contributed by atoms with Gasteiger partial charge in [0.15, 0.2) is 0 Å². The molecule has 10 heavy (non-hydrogen) atoms. The van der Waals surface area contributed by atoms with Crippen LogP contribution >= 0.6 is 0 Å². The maximum absolute atomic E-state index is 8.90. The van der Waals surface area contributed by atoms with E-state index in [2.05, 4.69) is 4.89 Å². The quantitative estimate of drug-likeness (QED) is 0.209. The van der Waals surface area contributed by atoms with Crippen molar-refractivity contribution in [1.82, 2.24) is 0 Å². The van der Waals surface area contributed by atoms with E-state index in [0.717, 1.165) is 0 Å². The first-order valence-corrected chi connectivity index (χ1v) is 0.814. The fourth-order valence-corrected chi connectivity index (χ4v) is 0. The molecule has 0 aromatic rings. The van der Waals surface area contributed by atoms with Crippen LogP contribution < -0.4 is 29.6 Å². The molecule has 64 valence electrons. The number of carbonyl (C=O) groups is 1. The summed E-state index contributed by atoms with van der Waals surface area (Å²) in [6.45, 7) is 0. The zero-order valence-corrected chi connectivity index (χ0v) is 7.21. The molecule has 0 saturated heterocycles. The predicted octanol–water partition coefficient (Wildman–Crippen LogP) is -6.03. The molecule has 0 aromatic carbocycles. The number of carboxylic acid groups (broad SMARTS) is 1. The van der Waals surface area contributed by atoms with Gasteiger partial charge < -0.3 is 28.4 Å². The Hall–Kier alpha value is 0.0700. The number of hydrogen-bond acceptors (Lipinski definition) is 3. The van der Waals surface area contributed by atoms with Gasteiger partial charge in [0.2, 0.25) is 0 Å². The van der Waals surface area contributed by atoms with E-state index in [1.807, 2.05) is 0 Å². The molecule has 0 unspecified atom stereocenters. The van der Waals surface area contributed by atoms with Crippen LogP contribution in [0.15, 0.2) is 0 Å². The standard InChI is InChI=1S/CH2O4.Na.4H2O.H/c2-1(3)5-4;;;;;;/h4H,(H,2,3);;4*1H2;/q;+1;;;;;-1. The van der Waals surface area contributed by atoms with Crippen molar-refractivity contribution >= 4 is 6.16 Å². The van der Waals surface area contributed by atoms with Gasteiger partial charge in [-0.05, 0) is 0 Å². The van der Waals surface area contributed by atoms with E-state index in [-0.39, 0.29) is 52.9 Å². The van der Waals surface area contributed by atoms with E-state index in [1.165, 1.54) is 0 Å². The smallest absolute Gasteiger partial charge is 1.00 e. The van der Waals surface area contributed by atoms with E-state index >= 15 is 0 Å². The predicted molar refractivity (Wildman–Crippen MR) is 27.3 cm³/mol. The summed E-state index contributed by atoms with van der Waals surface area (Å²) in [7, 11) is 0. The summed E-state index contributed by atoms with van der Waals surface area (Å²) in [5, 5.41) is 14.3. The minimum atomic E-state index is -1.69. The summed E-state index contributed by atoms with van der Waals surface area (Å²) in [5.41, 5.74) is 0. The van der Waals surface area contributed by atoms with Crippen molar-refractivity contribution in [1.29, 1.82) is 0 Å². The van der Waals surface area contributed by atoms with Crippen molar-refractivity contribution < 1.29 is 72.9 Å². The van der Waals surface area contributed by atoms with Gasteiger partial charge in [0.1, 0.15) is 0 Å². The first kappa shape index (κ1) is 50.0. The summed E-state index contributed by atoms with van der Waals surface area (Å²) >= 11 is 0. The van der Waals surface area contributed by atoms with Gasteiger partial charge >= 0.3 is 35.7 Å². The molecule has 8 nitrogen and oxygen atoms in total. The van der Waals surface area contributed by atoms with E-state index in [0.29, 0.717) is 0 Å². The maximum Gasteiger partial charge on any atom is 1.00 e. The Labute approximate surface area is 79.4 Å². The van der Waals surface area contributed by atoms with Crippen molar-refractivity contribution in [3.8, 4) is 0 Å². The van der Waals surface area contributed by atoms with Gasteiger partial charge in [-0.15, -0.1) is 0 Å². The van der Waals surface area contributed by atoms with Crippen LogP contribution in [0.5, 0.6) is 0 Å². The van der Waals surface area contributed by atoms with Crippen molar-refractivity contribution in [2.24, 2.45) is 0 Å². The fraction of sp³-hybridized carbons (Fsp3) is 0. The Morgan fingerprint density at radius 1 is 1.20 bits per heavy atom. The molecular weight excluding hydrogens is 163 g/mol. The second kappa shape index (κ2) is 35.7. The zero-order chi connectivity index (χ0) is 4.28. The van der Waals surface area contributed by atoms with Crippen molar-refractivity contribution in [3.05, 3.63) is 0 Å². The summed E-state index contributed by atoms with van der Waals surface area (Å²) in [6.07, 6.45) is -1.69. The van der Waals surface area contributed by atoms with Crippen LogP contribution in [0.3, 0.4) is 0 Å². The molecule has 10 N–H and O–H groups in total. The maximum atomic E-state index is 8.90. The Morgan fingerprint density at radius 3 is 1.30 bits per heavy atom. The third kappa shape index (κ3) is 94.1. The summed E-state index contributed by atoms with van der Waals surface area (Å²) in [6, 6.07) is 0. The van der Waals surface area contributed by atoms with Crippen LogP contribution in [-0.4, -0.2) is 38.4 Å². The molecule has 0 atom stereocenters. The molecule has 0 fully saturated rings. The van der Waals surface area contributed by atoms with Crippen molar-refractivity contribution in [2.45, 2.75) is 0 Å². The van der Waals surface area contributed by atoms with Gasteiger partial charge in [-0.3, -0.25) is 4.89 Å². The van der Waals surface area contributed by atoms with Crippen LogP contribution in [0.1, 0.15) is 1.43 Å². The third-order valence-electron chi connectivity index (χ3n) is 0.0781. The van der Waals surface area contributed by atoms with Gasteiger partial charge in [0, 0.05) is 0 Å². The van der Waals surface area contributed by atoms with Crippen LogP contribution in [0.25, 0.3) is 0 Å². The average molecular weight is 174 g/mol. The molecule has 0 aliphatic heterocycles.